The highest BCUT2D eigenvalue weighted by atomic mass is 32.1. The van der Waals surface area contributed by atoms with Gasteiger partial charge in [-0.2, -0.15) is 0 Å². The van der Waals surface area contributed by atoms with Gasteiger partial charge in [0.05, 0.1) is 4.88 Å². The lowest BCUT2D eigenvalue weighted by Gasteiger charge is -2.12. The predicted molar refractivity (Wildman–Crippen MR) is 92.9 cm³/mol. The van der Waals surface area contributed by atoms with Gasteiger partial charge in [0.15, 0.2) is 0 Å². The van der Waals surface area contributed by atoms with Gasteiger partial charge in [-0.1, -0.05) is 48.2 Å². The summed E-state index contributed by atoms with van der Waals surface area (Å²) in [5.74, 6) is 0.248. The van der Waals surface area contributed by atoms with Crippen molar-refractivity contribution in [3.63, 3.8) is 0 Å². The highest BCUT2D eigenvalue weighted by Crippen LogP contribution is 2.41. The summed E-state index contributed by atoms with van der Waals surface area (Å²) < 4.78 is 4.05. The zero-order valence-corrected chi connectivity index (χ0v) is 14.1. The second-order valence-corrected chi connectivity index (χ2v) is 6.65. The first-order valence-corrected chi connectivity index (χ1v) is 8.20. The molecular weight excluding hydrogens is 308 g/mol. The Morgan fingerprint density at radius 3 is 2.35 bits per heavy atom. The van der Waals surface area contributed by atoms with Crippen molar-refractivity contribution in [1.29, 1.82) is 0 Å². The van der Waals surface area contributed by atoms with Crippen molar-refractivity contribution in [3.8, 4) is 33.2 Å². The summed E-state index contributed by atoms with van der Waals surface area (Å²) in [6, 6.07) is 11.3. The van der Waals surface area contributed by atoms with Crippen LogP contribution in [0.3, 0.4) is 0 Å². The lowest BCUT2D eigenvalue weighted by atomic mass is 9.96. The van der Waals surface area contributed by atoms with E-state index >= 15 is 0 Å². The number of rotatable bonds is 3. The lowest BCUT2D eigenvalue weighted by Crippen LogP contribution is -1.91. The maximum Gasteiger partial charge on any atom is 0.128 e. The first-order valence-electron chi connectivity index (χ1n) is 7.43. The fourth-order valence-electron chi connectivity index (χ4n) is 2.51. The van der Waals surface area contributed by atoms with E-state index in [0.29, 0.717) is 11.3 Å². The molecule has 0 aliphatic heterocycles. The SMILES string of the molecule is Cc1ccc(-c2snnc2-c2cc(C(C)C)c(O)cc2O)cc1. The zero-order chi connectivity index (χ0) is 16.6. The molecule has 0 unspecified atom stereocenters. The van der Waals surface area contributed by atoms with Crippen LogP contribution in [-0.4, -0.2) is 19.8 Å². The van der Waals surface area contributed by atoms with E-state index in [1.165, 1.54) is 23.2 Å². The Morgan fingerprint density at radius 2 is 1.70 bits per heavy atom. The molecule has 0 bridgehead atoms. The predicted octanol–water partition coefficient (Wildman–Crippen LogP) is 4.72. The number of nitrogens with zero attached hydrogens (tertiary/aromatic N) is 2. The van der Waals surface area contributed by atoms with Gasteiger partial charge in [-0.25, -0.2) is 0 Å². The van der Waals surface area contributed by atoms with Gasteiger partial charge in [-0.3, -0.25) is 0 Å². The molecular formula is C18H18N2O2S. The normalized spacial score (nSPS) is 11.1. The minimum absolute atomic E-state index is 0.00737. The number of phenolic OH excluding ortho intramolecular Hbond substituents is 2. The molecule has 4 nitrogen and oxygen atoms in total. The van der Waals surface area contributed by atoms with Crippen LogP contribution in [0.1, 0.15) is 30.9 Å². The van der Waals surface area contributed by atoms with Gasteiger partial charge in [0.25, 0.3) is 0 Å². The van der Waals surface area contributed by atoms with E-state index < -0.39 is 0 Å². The molecule has 0 spiro atoms. The minimum atomic E-state index is 0.00737. The summed E-state index contributed by atoms with van der Waals surface area (Å²) in [5, 5.41) is 24.5. The Balaban J connectivity index is 2.15. The molecule has 0 aliphatic carbocycles. The average molecular weight is 326 g/mol. The maximum atomic E-state index is 10.3. The third-order valence-corrected chi connectivity index (χ3v) is 4.60. The summed E-state index contributed by atoms with van der Waals surface area (Å²) >= 11 is 1.30. The monoisotopic (exact) mass is 326 g/mol. The molecule has 23 heavy (non-hydrogen) atoms. The standard InChI is InChI=1S/C18H18N2O2S/c1-10(2)13-8-14(16(22)9-15(13)21)17-18(23-20-19-17)12-6-4-11(3)5-7-12/h4-10,21-22H,1-3H3. The van der Waals surface area contributed by atoms with Crippen molar-refractivity contribution in [2.75, 3.05) is 0 Å². The van der Waals surface area contributed by atoms with E-state index in [0.717, 1.165) is 16.0 Å². The van der Waals surface area contributed by atoms with Crippen LogP contribution < -0.4 is 0 Å². The Labute approximate surface area is 139 Å². The number of hydrogen-bond acceptors (Lipinski definition) is 5. The first-order chi connectivity index (χ1) is 11.0. The van der Waals surface area contributed by atoms with Gasteiger partial charge in [0.1, 0.15) is 17.2 Å². The molecule has 0 amide bonds. The number of hydrogen-bond donors (Lipinski definition) is 2. The first kappa shape index (κ1) is 15.5. The Kier molecular flexibility index (Phi) is 4.05. The molecule has 3 rings (SSSR count). The van der Waals surface area contributed by atoms with Gasteiger partial charge in [0, 0.05) is 11.6 Å². The van der Waals surface area contributed by atoms with Crippen molar-refractivity contribution in [1.82, 2.24) is 9.59 Å². The zero-order valence-electron chi connectivity index (χ0n) is 13.2. The maximum absolute atomic E-state index is 10.3. The lowest BCUT2D eigenvalue weighted by molar-refractivity contribution is 0.445. The van der Waals surface area contributed by atoms with E-state index in [1.54, 1.807) is 6.07 Å². The van der Waals surface area contributed by atoms with E-state index in [9.17, 15) is 10.2 Å². The molecule has 0 atom stereocenters. The summed E-state index contributed by atoms with van der Waals surface area (Å²) in [4.78, 5) is 0.903. The number of aryl methyl sites for hydroxylation is 1. The van der Waals surface area contributed by atoms with Crippen molar-refractivity contribution >= 4 is 11.5 Å². The molecule has 118 valence electrons. The quantitative estimate of drug-likeness (QED) is 0.731. The van der Waals surface area contributed by atoms with E-state index in [-0.39, 0.29) is 17.4 Å². The summed E-state index contributed by atoms with van der Waals surface area (Å²) in [6.07, 6.45) is 0. The van der Waals surface area contributed by atoms with Crippen LogP contribution >= 0.6 is 11.5 Å². The Hall–Kier alpha value is -2.40. The highest BCUT2D eigenvalue weighted by molar-refractivity contribution is 7.09. The smallest absolute Gasteiger partial charge is 0.128 e. The number of aromatic hydroxyl groups is 2. The number of benzene rings is 2. The third kappa shape index (κ3) is 2.92. The van der Waals surface area contributed by atoms with Crippen LogP contribution in [0.25, 0.3) is 21.7 Å². The molecule has 2 N–H and O–H groups in total. The second kappa shape index (κ2) is 6.01. The number of phenols is 2. The van der Waals surface area contributed by atoms with Crippen LogP contribution in [-0.2, 0) is 0 Å². The van der Waals surface area contributed by atoms with Crippen LogP contribution in [0.15, 0.2) is 36.4 Å². The Bertz CT molecular complexity index is 839. The van der Waals surface area contributed by atoms with Crippen molar-refractivity contribution in [2.24, 2.45) is 0 Å². The Morgan fingerprint density at radius 1 is 1.00 bits per heavy atom. The van der Waals surface area contributed by atoms with Gasteiger partial charge in [-0.15, -0.1) is 5.10 Å². The molecule has 2 aromatic carbocycles. The summed E-state index contributed by atoms with van der Waals surface area (Å²) in [6.45, 7) is 6.03. The van der Waals surface area contributed by atoms with Gasteiger partial charge < -0.3 is 10.2 Å². The van der Waals surface area contributed by atoms with Gasteiger partial charge in [-0.05, 0) is 41.6 Å². The van der Waals surface area contributed by atoms with E-state index in [2.05, 4.69) is 9.59 Å². The van der Waals surface area contributed by atoms with Crippen LogP contribution in [0.2, 0.25) is 0 Å². The summed E-state index contributed by atoms with van der Waals surface area (Å²) in [5.41, 5.74) is 4.20. The topological polar surface area (TPSA) is 66.2 Å². The van der Waals surface area contributed by atoms with Gasteiger partial charge in [0.2, 0.25) is 0 Å². The fraction of sp³-hybridized carbons (Fsp3) is 0.222. The number of aromatic nitrogens is 2. The van der Waals surface area contributed by atoms with E-state index in [4.69, 9.17) is 0 Å². The van der Waals surface area contributed by atoms with Gasteiger partial charge >= 0.3 is 0 Å². The second-order valence-electron chi connectivity index (χ2n) is 5.90. The molecule has 0 fully saturated rings. The van der Waals surface area contributed by atoms with Crippen LogP contribution in [0.4, 0.5) is 0 Å². The largest absolute Gasteiger partial charge is 0.508 e. The molecule has 0 aliphatic rings. The van der Waals surface area contributed by atoms with Crippen molar-refractivity contribution in [3.05, 3.63) is 47.5 Å². The molecule has 0 saturated heterocycles. The fourth-order valence-corrected chi connectivity index (χ4v) is 3.19. The molecule has 5 heteroatoms. The van der Waals surface area contributed by atoms with E-state index in [1.807, 2.05) is 45.0 Å². The van der Waals surface area contributed by atoms with Crippen LogP contribution in [0, 0.1) is 6.92 Å². The summed E-state index contributed by atoms with van der Waals surface area (Å²) in [7, 11) is 0. The van der Waals surface area contributed by atoms with Crippen molar-refractivity contribution in [2.45, 2.75) is 26.7 Å². The highest BCUT2D eigenvalue weighted by Gasteiger charge is 2.19. The van der Waals surface area contributed by atoms with Crippen molar-refractivity contribution < 1.29 is 10.2 Å². The minimum Gasteiger partial charge on any atom is -0.508 e. The third-order valence-electron chi connectivity index (χ3n) is 3.82. The molecule has 3 aromatic rings. The molecule has 0 saturated carbocycles. The molecule has 1 aromatic heterocycles. The molecule has 0 radical (unpaired) electrons. The average Bonchev–Trinajstić information content (AvgIpc) is 2.97. The van der Waals surface area contributed by atoms with Crippen LogP contribution in [0.5, 0.6) is 11.5 Å². The molecule has 1 heterocycles.